The average molecular weight is 496 g/mol. The van der Waals surface area contributed by atoms with E-state index in [1.807, 2.05) is 31.2 Å². The number of nitrogens with zero attached hydrogens (tertiary/aromatic N) is 4. The molecule has 0 saturated carbocycles. The molecule has 0 bridgehead atoms. The first-order chi connectivity index (χ1) is 17.4. The van der Waals surface area contributed by atoms with Crippen LogP contribution in [0.3, 0.4) is 0 Å². The van der Waals surface area contributed by atoms with Crippen LogP contribution < -0.4 is 5.32 Å². The number of likely N-dealkylation sites (tertiary alicyclic amines) is 1. The quantitative estimate of drug-likeness (QED) is 0.587. The van der Waals surface area contributed by atoms with E-state index in [9.17, 15) is 18.4 Å². The Morgan fingerprint density at radius 2 is 1.86 bits per heavy atom. The normalized spacial score (nSPS) is 18.1. The van der Waals surface area contributed by atoms with Gasteiger partial charge in [-0.25, -0.2) is 13.5 Å². The molecule has 0 radical (unpaired) electrons. The highest BCUT2D eigenvalue weighted by molar-refractivity contribution is 5.93. The lowest BCUT2D eigenvalue weighted by atomic mass is 9.95. The van der Waals surface area contributed by atoms with Gasteiger partial charge in [0.05, 0.1) is 18.8 Å². The molecule has 188 valence electrons. The molecule has 2 aliphatic heterocycles. The number of fused-ring (bicyclic) bond motifs is 1. The van der Waals surface area contributed by atoms with Crippen LogP contribution in [0.1, 0.15) is 51.8 Å². The number of hydrogen-bond acceptors (Lipinski definition) is 5. The first-order valence-electron chi connectivity index (χ1n) is 12.0. The molecule has 3 aromatic rings. The number of carbonyl (C=O) groups excluding carboxylic acids is 2. The highest BCUT2D eigenvalue weighted by atomic mass is 19.1. The molecule has 1 atom stereocenters. The summed E-state index contributed by atoms with van der Waals surface area (Å²) in [7, 11) is 0. The lowest BCUT2D eigenvalue weighted by molar-refractivity contribution is -0.126. The zero-order valence-electron chi connectivity index (χ0n) is 19.9. The van der Waals surface area contributed by atoms with Gasteiger partial charge in [0.2, 0.25) is 5.91 Å². The molecule has 1 aromatic heterocycles. The molecule has 1 fully saturated rings. The van der Waals surface area contributed by atoms with Crippen LogP contribution in [-0.2, 0) is 29.2 Å². The fourth-order valence-corrected chi connectivity index (χ4v) is 4.66. The molecular weight excluding hydrogens is 468 g/mol. The molecule has 1 saturated heterocycles. The number of nitrogens with one attached hydrogen (secondary N) is 1. The summed E-state index contributed by atoms with van der Waals surface area (Å²) < 4.78 is 34.9. The number of ether oxygens (including phenoxy) is 1. The van der Waals surface area contributed by atoms with E-state index in [1.165, 1.54) is 5.56 Å². The van der Waals surface area contributed by atoms with Crippen molar-refractivity contribution in [1.82, 2.24) is 25.2 Å². The van der Waals surface area contributed by atoms with Gasteiger partial charge in [-0.3, -0.25) is 9.59 Å². The van der Waals surface area contributed by atoms with Crippen LogP contribution >= 0.6 is 0 Å². The smallest absolute Gasteiger partial charge is 0.276 e. The number of aryl methyl sites for hydroxylation is 1. The lowest BCUT2D eigenvalue weighted by Gasteiger charge is -2.31. The zero-order valence-corrected chi connectivity index (χ0v) is 19.9. The van der Waals surface area contributed by atoms with Gasteiger partial charge < -0.3 is 15.0 Å². The van der Waals surface area contributed by atoms with E-state index in [-0.39, 0.29) is 48.2 Å². The summed E-state index contributed by atoms with van der Waals surface area (Å²) in [6.07, 6.45) is 0.787. The van der Waals surface area contributed by atoms with Crippen molar-refractivity contribution in [3.05, 3.63) is 82.2 Å². The van der Waals surface area contributed by atoms with Gasteiger partial charge in [0.25, 0.3) is 5.91 Å². The van der Waals surface area contributed by atoms with Gasteiger partial charge in [0, 0.05) is 31.1 Å². The topological polar surface area (TPSA) is 89.4 Å². The van der Waals surface area contributed by atoms with Crippen LogP contribution in [-0.4, -0.2) is 44.8 Å². The van der Waals surface area contributed by atoms with Crippen LogP contribution in [0.15, 0.2) is 42.5 Å². The molecule has 3 heterocycles. The number of hydrogen-bond donors (Lipinski definition) is 1. The van der Waals surface area contributed by atoms with Gasteiger partial charge in [-0.05, 0) is 43.5 Å². The Hall–Kier alpha value is -3.66. The Kier molecular flexibility index (Phi) is 6.77. The first kappa shape index (κ1) is 24.1. The summed E-state index contributed by atoms with van der Waals surface area (Å²) in [5, 5.41) is 11.0. The second kappa shape index (κ2) is 10.1. The minimum Gasteiger partial charge on any atom is -0.365 e. The van der Waals surface area contributed by atoms with Crippen molar-refractivity contribution in [1.29, 1.82) is 0 Å². The molecule has 2 aliphatic rings. The summed E-state index contributed by atoms with van der Waals surface area (Å²) in [6.45, 7) is 3.45. The second-order valence-corrected chi connectivity index (χ2v) is 9.30. The van der Waals surface area contributed by atoms with Crippen LogP contribution in [0.5, 0.6) is 0 Å². The van der Waals surface area contributed by atoms with Gasteiger partial charge in [-0.1, -0.05) is 35.0 Å². The van der Waals surface area contributed by atoms with Crippen molar-refractivity contribution in [2.75, 3.05) is 13.1 Å². The van der Waals surface area contributed by atoms with E-state index in [2.05, 4.69) is 15.6 Å². The molecule has 10 heteroatoms. The average Bonchev–Trinajstić information content (AvgIpc) is 3.32. The number of rotatable bonds is 5. The van der Waals surface area contributed by atoms with Crippen LogP contribution in [0.2, 0.25) is 0 Å². The SMILES string of the molecule is Cc1ccc(C2Cn3nnc(C(=O)N4CCC(C(=O)NCc5cc(F)ccc5F)CC4)c3CO2)cc1. The summed E-state index contributed by atoms with van der Waals surface area (Å²) in [5.41, 5.74) is 3.25. The number of benzene rings is 2. The zero-order chi connectivity index (χ0) is 25.2. The summed E-state index contributed by atoms with van der Waals surface area (Å²) in [4.78, 5) is 27.4. The number of halogens is 2. The van der Waals surface area contributed by atoms with Crippen molar-refractivity contribution in [3.8, 4) is 0 Å². The minimum absolute atomic E-state index is 0.0857. The van der Waals surface area contributed by atoms with Gasteiger partial charge in [-0.2, -0.15) is 0 Å². The van der Waals surface area contributed by atoms with Crippen molar-refractivity contribution in [2.45, 2.75) is 45.6 Å². The highest BCUT2D eigenvalue weighted by Crippen LogP contribution is 2.28. The van der Waals surface area contributed by atoms with Crippen molar-refractivity contribution in [3.63, 3.8) is 0 Å². The lowest BCUT2D eigenvalue weighted by Crippen LogP contribution is -2.43. The third kappa shape index (κ3) is 4.99. The Labute approximate surface area is 207 Å². The van der Waals surface area contributed by atoms with Crippen molar-refractivity contribution >= 4 is 11.8 Å². The van der Waals surface area contributed by atoms with E-state index < -0.39 is 11.6 Å². The van der Waals surface area contributed by atoms with Crippen LogP contribution in [0, 0.1) is 24.5 Å². The van der Waals surface area contributed by atoms with Gasteiger partial charge in [0.1, 0.15) is 17.7 Å². The van der Waals surface area contributed by atoms with Crippen LogP contribution in [0.25, 0.3) is 0 Å². The van der Waals surface area contributed by atoms with E-state index in [0.717, 1.165) is 23.8 Å². The van der Waals surface area contributed by atoms with Gasteiger partial charge in [-0.15, -0.1) is 5.10 Å². The Morgan fingerprint density at radius 1 is 1.11 bits per heavy atom. The number of amides is 2. The maximum atomic E-state index is 13.8. The Morgan fingerprint density at radius 3 is 2.61 bits per heavy atom. The molecule has 2 amide bonds. The van der Waals surface area contributed by atoms with E-state index in [1.54, 1.807) is 9.58 Å². The predicted molar refractivity (Wildman–Crippen MR) is 126 cm³/mol. The molecule has 1 unspecified atom stereocenters. The van der Waals surface area contributed by atoms with Gasteiger partial charge in [0.15, 0.2) is 5.69 Å². The predicted octanol–water partition coefficient (Wildman–Crippen LogP) is 3.30. The summed E-state index contributed by atoms with van der Waals surface area (Å²) in [6, 6.07) is 11.3. The number of aromatic nitrogens is 3. The maximum absolute atomic E-state index is 13.8. The summed E-state index contributed by atoms with van der Waals surface area (Å²) >= 11 is 0. The van der Waals surface area contributed by atoms with Crippen molar-refractivity contribution in [2.24, 2.45) is 5.92 Å². The van der Waals surface area contributed by atoms with Gasteiger partial charge >= 0.3 is 0 Å². The Balaban J connectivity index is 1.15. The number of carbonyl (C=O) groups is 2. The van der Waals surface area contributed by atoms with E-state index in [0.29, 0.717) is 38.2 Å². The monoisotopic (exact) mass is 495 g/mol. The second-order valence-electron chi connectivity index (χ2n) is 9.30. The minimum atomic E-state index is -0.566. The third-order valence-corrected chi connectivity index (χ3v) is 6.86. The number of piperidine rings is 1. The standard InChI is InChI=1S/C26H27F2N5O3/c1-16-2-4-17(5-3-16)23-14-33-22(15-36-23)24(30-31-33)26(35)32-10-8-18(9-11-32)25(34)29-13-19-12-20(27)6-7-21(19)28/h2-7,12,18,23H,8-11,13-15H2,1H3,(H,29,34). The summed E-state index contributed by atoms with van der Waals surface area (Å²) in [5.74, 6) is -1.89. The first-order valence-corrected chi connectivity index (χ1v) is 12.0. The van der Waals surface area contributed by atoms with Crippen molar-refractivity contribution < 1.29 is 23.1 Å². The molecule has 0 aliphatic carbocycles. The molecule has 1 N–H and O–H groups in total. The molecule has 5 rings (SSSR count). The molecule has 0 spiro atoms. The van der Waals surface area contributed by atoms with E-state index >= 15 is 0 Å². The third-order valence-electron chi connectivity index (χ3n) is 6.86. The fourth-order valence-electron chi connectivity index (χ4n) is 4.66. The largest absolute Gasteiger partial charge is 0.365 e. The van der Waals surface area contributed by atoms with E-state index in [4.69, 9.17) is 4.74 Å². The molecule has 36 heavy (non-hydrogen) atoms. The Bertz CT molecular complexity index is 1270. The maximum Gasteiger partial charge on any atom is 0.276 e. The molecule has 8 nitrogen and oxygen atoms in total. The molecular formula is C26H27F2N5O3. The fraction of sp³-hybridized carbons (Fsp3) is 0.385. The highest BCUT2D eigenvalue weighted by Gasteiger charge is 2.33. The van der Waals surface area contributed by atoms with Crippen LogP contribution in [0.4, 0.5) is 8.78 Å². The molecule has 2 aromatic carbocycles.